The third-order valence-corrected chi connectivity index (χ3v) is 1.57. The molecule has 0 aromatic rings. The summed E-state index contributed by atoms with van der Waals surface area (Å²) in [4.78, 5) is 11.4. The summed E-state index contributed by atoms with van der Waals surface area (Å²) >= 11 is 3.16. The van der Waals surface area contributed by atoms with Crippen molar-refractivity contribution >= 4 is 21.7 Å². The molecule has 0 rings (SSSR count). The molecule has 0 unspecified atom stereocenters. The first-order chi connectivity index (χ1) is 5.49. The number of hydrogen-bond donors (Lipinski definition) is 0. The van der Waals surface area contributed by atoms with Gasteiger partial charge in [0.15, 0.2) is 5.78 Å². The predicted molar refractivity (Wildman–Crippen MR) is 56.2 cm³/mol. The maximum atomic E-state index is 11.4. The van der Waals surface area contributed by atoms with Crippen molar-refractivity contribution in [3.8, 4) is 0 Å². The Hall–Kier alpha value is -0.630. The first-order valence-electron chi connectivity index (χ1n) is 3.71. The number of hydrogen-bond acceptors (Lipinski definition) is 1. The Morgan fingerprint density at radius 1 is 1.50 bits per heavy atom. The van der Waals surface area contributed by atoms with Crippen molar-refractivity contribution in [2.75, 3.05) is 0 Å². The lowest BCUT2D eigenvalue weighted by Crippen LogP contribution is -2.08. The molecule has 0 aliphatic carbocycles. The topological polar surface area (TPSA) is 17.1 Å². The van der Waals surface area contributed by atoms with E-state index >= 15 is 0 Å². The molecule has 2 heteroatoms. The average molecular weight is 229 g/mol. The zero-order valence-corrected chi connectivity index (χ0v) is 9.02. The summed E-state index contributed by atoms with van der Waals surface area (Å²) in [5.74, 6) is 0.0895. The highest BCUT2D eigenvalue weighted by Crippen LogP contribution is 2.12. The molecular formula is C10H13BrO. The number of Topliss-reactive ketones (excluding diaryl/α,β-unsaturated/α-hetero) is 1. The minimum absolute atomic E-state index is 0.00102. The molecule has 0 saturated heterocycles. The standard InChI is InChI=1S/C10H13BrO/c1-5-9(6-8(4)11)10(12)7(2)3/h5-7H,1,4H2,2-3H3/b9-6+. The number of carbonyl (C=O) groups is 1. The third-order valence-electron chi connectivity index (χ3n) is 1.34. The lowest BCUT2D eigenvalue weighted by molar-refractivity contribution is -0.117. The van der Waals surface area contributed by atoms with Gasteiger partial charge in [0.05, 0.1) is 0 Å². The van der Waals surface area contributed by atoms with Crippen LogP contribution >= 0.6 is 15.9 Å². The first-order valence-corrected chi connectivity index (χ1v) is 4.51. The Labute approximate surface area is 82.0 Å². The van der Waals surface area contributed by atoms with Gasteiger partial charge in [-0.05, 0) is 6.08 Å². The van der Waals surface area contributed by atoms with Crippen LogP contribution in [0.4, 0.5) is 0 Å². The van der Waals surface area contributed by atoms with Crippen molar-refractivity contribution in [2.24, 2.45) is 5.92 Å². The first kappa shape index (κ1) is 11.4. The summed E-state index contributed by atoms with van der Waals surface area (Å²) in [6.45, 7) is 10.9. The zero-order valence-electron chi connectivity index (χ0n) is 7.43. The number of allylic oxidation sites excluding steroid dienone is 4. The van der Waals surface area contributed by atoms with Crippen LogP contribution in [0.5, 0.6) is 0 Å². The number of ketones is 1. The Bertz CT molecular complexity index is 236. The molecule has 0 fully saturated rings. The van der Waals surface area contributed by atoms with E-state index < -0.39 is 0 Å². The molecule has 0 spiro atoms. The minimum Gasteiger partial charge on any atom is -0.294 e. The SMILES string of the molecule is C=C/C(=C\C(=C)Br)C(=O)C(C)C. The van der Waals surface area contributed by atoms with Gasteiger partial charge in [-0.3, -0.25) is 4.79 Å². The maximum Gasteiger partial charge on any atom is 0.165 e. The van der Waals surface area contributed by atoms with E-state index in [1.165, 1.54) is 0 Å². The van der Waals surface area contributed by atoms with Gasteiger partial charge in [0.1, 0.15) is 0 Å². The van der Waals surface area contributed by atoms with E-state index in [-0.39, 0.29) is 11.7 Å². The molecule has 0 bridgehead atoms. The molecule has 0 atom stereocenters. The molecular weight excluding hydrogens is 216 g/mol. The van der Waals surface area contributed by atoms with Gasteiger partial charge in [0.2, 0.25) is 0 Å². The number of carbonyl (C=O) groups excluding carboxylic acids is 1. The van der Waals surface area contributed by atoms with Crippen LogP contribution in [0.2, 0.25) is 0 Å². The van der Waals surface area contributed by atoms with E-state index in [0.29, 0.717) is 10.1 Å². The van der Waals surface area contributed by atoms with E-state index in [4.69, 9.17) is 0 Å². The van der Waals surface area contributed by atoms with Gasteiger partial charge in [-0.2, -0.15) is 0 Å². The second-order valence-electron chi connectivity index (χ2n) is 2.77. The molecule has 0 N–H and O–H groups in total. The van der Waals surface area contributed by atoms with Crippen LogP contribution in [0.1, 0.15) is 13.8 Å². The summed E-state index contributed by atoms with van der Waals surface area (Å²) in [5, 5.41) is 0. The van der Waals surface area contributed by atoms with Crippen molar-refractivity contribution in [2.45, 2.75) is 13.8 Å². The third kappa shape index (κ3) is 3.67. The van der Waals surface area contributed by atoms with Gasteiger partial charge in [-0.1, -0.05) is 49.0 Å². The summed E-state index contributed by atoms with van der Waals surface area (Å²) in [6, 6.07) is 0. The largest absolute Gasteiger partial charge is 0.294 e. The van der Waals surface area contributed by atoms with Gasteiger partial charge in [-0.15, -0.1) is 0 Å². The van der Waals surface area contributed by atoms with Crippen molar-refractivity contribution in [1.29, 1.82) is 0 Å². The zero-order chi connectivity index (χ0) is 9.72. The van der Waals surface area contributed by atoms with Gasteiger partial charge in [0, 0.05) is 16.0 Å². The Morgan fingerprint density at radius 2 is 2.00 bits per heavy atom. The number of halogens is 1. The molecule has 0 heterocycles. The van der Waals surface area contributed by atoms with E-state index in [1.54, 1.807) is 12.2 Å². The molecule has 0 saturated carbocycles. The fourth-order valence-corrected chi connectivity index (χ4v) is 0.979. The Balaban J connectivity index is 4.68. The monoisotopic (exact) mass is 228 g/mol. The molecule has 0 amide bonds. The van der Waals surface area contributed by atoms with Crippen LogP contribution in [0.25, 0.3) is 0 Å². The highest BCUT2D eigenvalue weighted by Gasteiger charge is 2.09. The lowest BCUT2D eigenvalue weighted by Gasteiger charge is -2.03. The second kappa shape index (κ2) is 5.09. The highest BCUT2D eigenvalue weighted by molar-refractivity contribution is 9.11. The van der Waals surface area contributed by atoms with Crippen LogP contribution < -0.4 is 0 Å². The van der Waals surface area contributed by atoms with Crippen molar-refractivity contribution in [3.63, 3.8) is 0 Å². The van der Waals surface area contributed by atoms with Crippen LogP contribution in [-0.4, -0.2) is 5.78 Å². The average Bonchev–Trinajstić information content (AvgIpc) is 1.98. The summed E-state index contributed by atoms with van der Waals surface area (Å²) < 4.78 is 0.686. The van der Waals surface area contributed by atoms with Gasteiger partial charge in [-0.25, -0.2) is 0 Å². The fourth-order valence-electron chi connectivity index (χ4n) is 0.733. The van der Waals surface area contributed by atoms with Crippen molar-refractivity contribution in [1.82, 2.24) is 0 Å². The molecule has 1 nitrogen and oxygen atoms in total. The van der Waals surface area contributed by atoms with E-state index in [0.717, 1.165) is 0 Å². The van der Waals surface area contributed by atoms with Crippen molar-refractivity contribution in [3.05, 3.63) is 35.4 Å². The molecule has 0 aliphatic heterocycles. The Morgan fingerprint density at radius 3 is 2.25 bits per heavy atom. The Kier molecular flexibility index (Phi) is 4.83. The molecule has 0 aromatic carbocycles. The summed E-state index contributed by atoms with van der Waals surface area (Å²) in [5.41, 5.74) is 0.604. The predicted octanol–water partition coefficient (Wildman–Crippen LogP) is 3.23. The molecule has 66 valence electrons. The fraction of sp³-hybridized carbons (Fsp3) is 0.300. The normalized spacial score (nSPS) is 11.5. The maximum absolute atomic E-state index is 11.4. The van der Waals surface area contributed by atoms with E-state index in [9.17, 15) is 4.79 Å². The van der Waals surface area contributed by atoms with Crippen LogP contribution in [0, 0.1) is 5.92 Å². The lowest BCUT2D eigenvalue weighted by atomic mass is 10.0. The highest BCUT2D eigenvalue weighted by atomic mass is 79.9. The van der Waals surface area contributed by atoms with Gasteiger partial charge < -0.3 is 0 Å². The quantitative estimate of drug-likeness (QED) is 0.534. The van der Waals surface area contributed by atoms with Gasteiger partial charge >= 0.3 is 0 Å². The number of rotatable bonds is 4. The smallest absolute Gasteiger partial charge is 0.165 e. The molecule has 0 radical (unpaired) electrons. The molecule has 0 aliphatic rings. The van der Waals surface area contributed by atoms with E-state index in [2.05, 4.69) is 29.1 Å². The van der Waals surface area contributed by atoms with Crippen molar-refractivity contribution < 1.29 is 4.79 Å². The summed E-state index contributed by atoms with van der Waals surface area (Å²) in [7, 11) is 0. The van der Waals surface area contributed by atoms with Crippen LogP contribution in [0.15, 0.2) is 35.4 Å². The second-order valence-corrected chi connectivity index (χ2v) is 3.79. The summed E-state index contributed by atoms with van der Waals surface area (Å²) in [6.07, 6.45) is 3.23. The molecule has 12 heavy (non-hydrogen) atoms. The van der Waals surface area contributed by atoms with Gasteiger partial charge in [0.25, 0.3) is 0 Å². The van der Waals surface area contributed by atoms with Crippen LogP contribution in [-0.2, 0) is 4.79 Å². The van der Waals surface area contributed by atoms with E-state index in [1.807, 2.05) is 13.8 Å². The molecule has 0 aromatic heterocycles. The van der Waals surface area contributed by atoms with Crippen LogP contribution in [0.3, 0.4) is 0 Å². The minimum atomic E-state index is 0.00102.